The second-order valence-electron chi connectivity index (χ2n) is 10.8. The number of benzene rings is 1. The molecule has 0 aliphatic heterocycles. The molecule has 1 N–H and O–H groups in total. The van der Waals surface area contributed by atoms with Crippen LogP contribution in [-0.4, -0.2) is 34.1 Å². The minimum absolute atomic E-state index is 0.0732. The number of amides is 1. The zero-order chi connectivity index (χ0) is 22.2. The molecule has 1 aromatic heterocycles. The van der Waals surface area contributed by atoms with E-state index >= 15 is 0 Å². The Balaban J connectivity index is 1.00. The monoisotopic (exact) mass is 449 g/mol. The van der Waals surface area contributed by atoms with Crippen molar-refractivity contribution in [1.29, 1.82) is 0 Å². The van der Waals surface area contributed by atoms with Crippen LogP contribution in [0.4, 0.5) is 0 Å². The fraction of sp³-hybridized carbons (Fsp3) is 0.630. The summed E-state index contributed by atoms with van der Waals surface area (Å²) in [5.74, 6) is 4.28. The molecule has 0 radical (unpaired) electrons. The van der Waals surface area contributed by atoms with Crippen molar-refractivity contribution >= 4 is 5.91 Å². The Labute approximate surface area is 196 Å². The highest BCUT2D eigenvalue weighted by Crippen LogP contribution is 2.53. The molecule has 4 fully saturated rings. The smallest absolute Gasteiger partial charge is 0.251 e. The van der Waals surface area contributed by atoms with Gasteiger partial charge >= 0.3 is 0 Å². The van der Waals surface area contributed by atoms with Crippen LogP contribution < -0.4 is 14.9 Å². The molecule has 5 unspecified atom stereocenters. The molecule has 1 heterocycles. The lowest BCUT2D eigenvalue weighted by atomic mass is 9.80. The minimum Gasteiger partial charge on any atom is -0.490 e. The van der Waals surface area contributed by atoms with Gasteiger partial charge in [-0.25, -0.2) is 0 Å². The van der Waals surface area contributed by atoms with Crippen molar-refractivity contribution in [1.82, 2.24) is 15.3 Å². The molecule has 6 rings (SSSR count). The molecule has 33 heavy (non-hydrogen) atoms. The molecule has 4 saturated carbocycles. The Morgan fingerprint density at radius 3 is 2.48 bits per heavy atom. The maximum Gasteiger partial charge on any atom is 0.251 e. The van der Waals surface area contributed by atoms with Crippen molar-refractivity contribution in [3.63, 3.8) is 0 Å². The van der Waals surface area contributed by atoms with E-state index in [1.807, 2.05) is 36.5 Å². The molecule has 1 aromatic carbocycles. The summed E-state index contributed by atoms with van der Waals surface area (Å²) in [7, 11) is 0. The number of hydrogen-bond acceptors (Lipinski definition) is 4. The number of rotatable bonds is 6. The van der Waals surface area contributed by atoms with Crippen molar-refractivity contribution in [2.24, 2.45) is 23.7 Å². The topological polar surface area (TPSA) is 65.4 Å². The van der Waals surface area contributed by atoms with Crippen molar-refractivity contribution in [2.75, 3.05) is 0 Å². The first kappa shape index (κ1) is 21.1. The van der Waals surface area contributed by atoms with E-state index in [0.717, 1.165) is 61.2 Å². The third-order valence-corrected chi connectivity index (χ3v) is 8.65. The second-order valence-corrected chi connectivity index (χ2v) is 10.8. The van der Waals surface area contributed by atoms with Gasteiger partial charge < -0.3 is 14.9 Å². The van der Waals surface area contributed by atoms with Gasteiger partial charge in [-0.1, -0.05) is 0 Å². The molecule has 0 saturated heterocycles. The van der Waals surface area contributed by atoms with E-state index in [0.29, 0.717) is 12.0 Å². The first-order valence-electron chi connectivity index (χ1n) is 12.9. The van der Waals surface area contributed by atoms with Gasteiger partial charge in [0.15, 0.2) is 0 Å². The standard InChI is InChI=1S/C27H35N3O3/c31-27(29-26-11-2-18-14-19-16-21(15-18)25(26)17-19)20-3-5-22(6-4-20)32-23-7-9-24(10-8-23)33-30-13-1-12-28-30/h1,3-6,12-13,18-19,21,23-26H,2,7-11,14-17H2,(H,29,31). The maximum atomic E-state index is 13.0. The Bertz CT molecular complexity index is 936. The van der Waals surface area contributed by atoms with Gasteiger partial charge in [-0.05, 0) is 118 Å². The number of carbonyl (C=O) groups is 1. The van der Waals surface area contributed by atoms with Crippen LogP contribution in [0.2, 0.25) is 0 Å². The van der Waals surface area contributed by atoms with Crippen LogP contribution >= 0.6 is 0 Å². The summed E-state index contributed by atoms with van der Waals surface area (Å²) in [6, 6.07) is 9.94. The van der Waals surface area contributed by atoms with E-state index in [2.05, 4.69) is 10.4 Å². The molecule has 4 aliphatic rings. The van der Waals surface area contributed by atoms with E-state index in [-0.39, 0.29) is 18.1 Å². The lowest BCUT2D eigenvalue weighted by Gasteiger charge is -2.28. The first-order valence-corrected chi connectivity index (χ1v) is 12.9. The van der Waals surface area contributed by atoms with Crippen LogP contribution in [0, 0.1) is 23.7 Å². The third-order valence-electron chi connectivity index (χ3n) is 8.65. The summed E-state index contributed by atoms with van der Waals surface area (Å²) in [6.07, 6.45) is 15.8. The highest BCUT2D eigenvalue weighted by atomic mass is 16.7. The van der Waals surface area contributed by atoms with Crippen molar-refractivity contribution < 1.29 is 14.4 Å². The van der Waals surface area contributed by atoms with Gasteiger partial charge in [0.05, 0.1) is 18.5 Å². The minimum atomic E-state index is 0.0732. The number of carbonyl (C=O) groups excluding carboxylic acids is 1. The number of aromatic nitrogens is 2. The zero-order valence-electron chi connectivity index (χ0n) is 19.3. The molecule has 1 amide bonds. The Kier molecular flexibility index (Phi) is 5.77. The van der Waals surface area contributed by atoms with Gasteiger partial charge in [0.25, 0.3) is 5.91 Å². The van der Waals surface area contributed by atoms with Gasteiger partial charge in [0, 0.05) is 11.6 Å². The van der Waals surface area contributed by atoms with E-state index in [1.165, 1.54) is 32.1 Å². The van der Waals surface area contributed by atoms with Crippen LogP contribution in [0.5, 0.6) is 5.75 Å². The maximum absolute atomic E-state index is 13.0. The predicted molar refractivity (Wildman–Crippen MR) is 125 cm³/mol. The Morgan fingerprint density at radius 2 is 1.70 bits per heavy atom. The number of fused-ring (bicyclic) bond motifs is 2. The fourth-order valence-electron chi connectivity index (χ4n) is 7.13. The second kappa shape index (κ2) is 9.03. The molecule has 176 valence electrons. The highest BCUT2D eigenvalue weighted by molar-refractivity contribution is 5.94. The van der Waals surface area contributed by atoms with E-state index in [4.69, 9.17) is 9.57 Å². The first-order chi connectivity index (χ1) is 16.2. The molecule has 2 aromatic rings. The summed E-state index contributed by atoms with van der Waals surface area (Å²) < 4.78 is 6.20. The number of nitrogens with zero attached hydrogens (tertiary/aromatic N) is 2. The van der Waals surface area contributed by atoms with E-state index in [9.17, 15) is 4.79 Å². The van der Waals surface area contributed by atoms with Crippen molar-refractivity contribution in [3.05, 3.63) is 48.3 Å². The largest absolute Gasteiger partial charge is 0.490 e. The number of ether oxygens (including phenoxy) is 1. The van der Waals surface area contributed by atoms with Crippen molar-refractivity contribution in [3.8, 4) is 5.75 Å². The van der Waals surface area contributed by atoms with E-state index in [1.54, 1.807) is 11.0 Å². The quantitative estimate of drug-likeness (QED) is 0.697. The molecule has 6 nitrogen and oxygen atoms in total. The molecule has 0 spiro atoms. The molecular formula is C27H35N3O3. The van der Waals surface area contributed by atoms with Crippen LogP contribution in [0.3, 0.4) is 0 Å². The van der Waals surface area contributed by atoms with Gasteiger partial charge in [-0.15, -0.1) is 9.94 Å². The third kappa shape index (κ3) is 4.62. The average Bonchev–Trinajstić information content (AvgIpc) is 3.42. The summed E-state index contributed by atoms with van der Waals surface area (Å²) in [4.78, 5) is 20.4. The summed E-state index contributed by atoms with van der Waals surface area (Å²) in [5.41, 5.74) is 0.739. The summed E-state index contributed by atoms with van der Waals surface area (Å²) in [6.45, 7) is 0. The van der Waals surface area contributed by atoms with Crippen LogP contribution in [0.15, 0.2) is 42.7 Å². The Morgan fingerprint density at radius 1 is 0.909 bits per heavy atom. The average molecular weight is 450 g/mol. The SMILES string of the molecule is O=C(NC1CCC2CC3CC(C2)C1C3)c1ccc(OC2CCC(On3cccn3)CC2)cc1. The Hall–Kier alpha value is -2.50. The fourth-order valence-corrected chi connectivity index (χ4v) is 7.13. The lowest BCUT2D eigenvalue weighted by molar-refractivity contribution is -0.0225. The van der Waals surface area contributed by atoms with Crippen molar-refractivity contribution in [2.45, 2.75) is 82.5 Å². The van der Waals surface area contributed by atoms with Gasteiger partial charge in [-0.3, -0.25) is 4.79 Å². The highest BCUT2D eigenvalue weighted by Gasteiger charge is 2.46. The van der Waals surface area contributed by atoms with Gasteiger partial charge in [0.2, 0.25) is 0 Å². The molecular weight excluding hydrogens is 414 g/mol. The molecule has 4 aliphatic carbocycles. The molecule has 6 heteroatoms. The predicted octanol–water partition coefficient (Wildman–Crippen LogP) is 4.65. The van der Waals surface area contributed by atoms with E-state index < -0.39 is 0 Å². The lowest BCUT2D eigenvalue weighted by Crippen LogP contribution is -2.41. The van der Waals surface area contributed by atoms with Crippen LogP contribution in [0.1, 0.15) is 74.6 Å². The van der Waals surface area contributed by atoms with Gasteiger partial charge in [0.1, 0.15) is 11.9 Å². The summed E-state index contributed by atoms with van der Waals surface area (Å²) >= 11 is 0. The van der Waals surface area contributed by atoms with Crippen LogP contribution in [0.25, 0.3) is 0 Å². The normalized spacial score (nSPS) is 35.1. The van der Waals surface area contributed by atoms with Gasteiger partial charge in [-0.2, -0.15) is 0 Å². The van der Waals surface area contributed by atoms with Crippen LogP contribution in [-0.2, 0) is 0 Å². The molecule has 5 atom stereocenters. The zero-order valence-corrected chi connectivity index (χ0v) is 19.3. The molecule has 3 bridgehead atoms. The summed E-state index contributed by atoms with van der Waals surface area (Å²) in [5, 5.41) is 7.52. The number of nitrogens with one attached hydrogen (secondary N) is 1. The number of hydrogen-bond donors (Lipinski definition) is 1.